The number of para-hydroxylation sites is 2. The van der Waals surface area contributed by atoms with Crippen molar-refractivity contribution in [1.82, 2.24) is 4.57 Å². The molecule has 0 fully saturated rings. The number of fused-ring (bicyclic) bond motifs is 3. The van der Waals surface area contributed by atoms with Crippen molar-refractivity contribution in [3.8, 4) is 40.1 Å². The second-order valence-electron chi connectivity index (χ2n) is 8.39. The van der Waals surface area contributed by atoms with E-state index in [9.17, 15) is 10.5 Å². The summed E-state index contributed by atoms with van der Waals surface area (Å²) in [5.41, 5.74) is 8.04. The average Bonchev–Trinajstić information content (AvgIpc) is 3.27. The smallest absolute Gasteiger partial charge is 0.0998 e. The quantitative estimate of drug-likeness (QED) is 0.278. The van der Waals surface area contributed by atoms with Gasteiger partial charge in [-0.1, -0.05) is 84.9 Å². The molecule has 0 aliphatic carbocycles. The van der Waals surface area contributed by atoms with Gasteiger partial charge in [-0.05, 0) is 41.5 Å². The van der Waals surface area contributed by atoms with Crippen molar-refractivity contribution < 1.29 is 0 Å². The SMILES string of the molecule is N#Cc1cccc(C#N)c1-c1cccc2c1c1ccccc1n2-c1ccccc1-c1ccccc1. The van der Waals surface area contributed by atoms with Crippen LogP contribution in [0.5, 0.6) is 0 Å². The summed E-state index contributed by atoms with van der Waals surface area (Å²) in [5, 5.41) is 21.8. The Morgan fingerprint density at radius 1 is 0.514 bits per heavy atom. The predicted molar refractivity (Wildman–Crippen MR) is 141 cm³/mol. The van der Waals surface area contributed by atoms with Gasteiger partial charge in [0.05, 0.1) is 40.0 Å². The van der Waals surface area contributed by atoms with Gasteiger partial charge in [-0.2, -0.15) is 10.5 Å². The van der Waals surface area contributed by atoms with Crippen molar-refractivity contribution >= 4 is 21.8 Å². The molecule has 0 amide bonds. The van der Waals surface area contributed by atoms with Crippen molar-refractivity contribution in [2.75, 3.05) is 0 Å². The summed E-state index contributed by atoms with van der Waals surface area (Å²) in [5.74, 6) is 0. The Morgan fingerprint density at radius 2 is 1.11 bits per heavy atom. The number of hydrogen-bond acceptors (Lipinski definition) is 2. The number of rotatable bonds is 3. The monoisotopic (exact) mass is 445 g/mol. The van der Waals surface area contributed by atoms with Gasteiger partial charge in [0.15, 0.2) is 0 Å². The van der Waals surface area contributed by atoms with Crippen LogP contribution in [0.1, 0.15) is 11.1 Å². The van der Waals surface area contributed by atoms with E-state index in [0.717, 1.165) is 44.2 Å². The number of nitrogens with zero attached hydrogens (tertiary/aromatic N) is 3. The van der Waals surface area contributed by atoms with Gasteiger partial charge in [-0.25, -0.2) is 0 Å². The van der Waals surface area contributed by atoms with Crippen LogP contribution in [0, 0.1) is 22.7 Å². The Bertz CT molecular complexity index is 1780. The second kappa shape index (κ2) is 8.34. The standard InChI is InChI=1S/C32H19N3/c33-20-23-12-8-13-24(21-34)31(23)27-16-9-19-30-32(27)26-15-5-7-18-29(26)35(30)28-17-6-4-14-25(28)22-10-2-1-3-11-22/h1-19H. The Labute approximate surface area is 203 Å². The average molecular weight is 446 g/mol. The lowest BCUT2D eigenvalue weighted by atomic mass is 9.92. The molecule has 0 saturated heterocycles. The van der Waals surface area contributed by atoms with Gasteiger partial charge in [0.2, 0.25) is 0 Å². The molecule has 1 aromatic heterocycles. The van der Waals surface area contributed by atoms with E-state index in [1.54, 1.807) is 18.2 Å². The minimum atomic E-state index is 0.498. The first-order valence-electron chi connectivity index (χ1n) is 11.4. The van der Waals surface area contributed by atoms with Crippen LogP contribution in [0.25, 0.3) is 49.7 Å². The molecule has 0 aliphatic rings. The number of aromatic nitrogens is 1. The van der Waals surface area contributed by atoms with Crippen molar-refractivity contribution in [3.05, 3.63) is 126 Å². The zero-order valence-corrected chi connectivity index (χ0v) is 18.8. The zero-order valence-electron chi connectivity index (χ0n) is 18.8. The van der Waals surface area contributed by atoms with E-state index in [2.05, 4.69) is 83.4 Å². The van der Waals surface area contributed by atoms with Gasteiger partial charge >= 0.3 is 0 Å². The predicted octanol–water partition coefficient (Wildman–Crippen LogP) is 7.86. The second-order valence-corrected chi connectivity index (χ2v) is 8.39. The lowest BCUT2D eigenvalue weighted by Gasteiger charge is -2.14. The molecule has 0 unspecified atom stereocenters. The minimum Gasteiger partial charge on any atom is -0.309 e. The summed E-state index contributed by atoms with van der Waals surface area (Å²) in [6.45, 7) is 0. The third kappa shape index (κ3) is 3.19. The van der Waals surface area contributed by atoms with Crippen LogP contribution in [-0.2, 0) is 0 Å². The van der Waals surface area contributed by atoms with Crippen molar-refractivity contribution in [2.45, 2.75) is 0 Å². The maximum absolute atomic E-state index is 9.87. The lowest BCUT2D eigenvalue weighted by molar-refractivity contribution is 1.18. The van der Waals surface area contributed by atoms with Crippen LogP contribution in [0.4, 0.5) is 0 Å². The maximum Gasteiger partial charge on any atom is 0.0998 e. The summed E-state index contributed by atoms with van der Waals surface area (Å²) in [4.78, 5) is 0. The first-order valence-corrected chi connectivity index (χ1v) is 11.4. The Morgan fingerprint density at radius 3 is 1.89 bits per heavy atom. The number of hydrogen-bond donors (Lipinski definition) is 0. The van der Waals surface area contributed by atoms with Gasteiger partial charge in [0.25, 0.3) is 0 Å². The topological polar surface area (TPSA) is 52.5 Å². The zero-order chi connectivity index (χ0) is 23.8. The van der Waals surface area contributed by atoms with Crippen LogP contribution >= 0.6 is 0 Å². The molecule has 5 aromatic carbocycles. The fraction of sp³-hybridized carbons (Fsp3) is 0. The molecule has 0 aliphatic heterocycles. The van der Waals surface area contributed by atoms with Gasteiger partial charge < -0.3 is 4.57 Å². The summed E-state index contributed by atoms with van der Waals surface area (Å²) >= 11 is 0. The number of nitriles is 2. The molecule has 0 radical (unpaired) electrons. The molecular formula is C32H19N3. The van der Waals surface area contributed by atoms with Crippen molar-refractivity contribution in [2.24, 2.45) is 0 Å². The Kier molecular flexibility index (Phi) is 4.88. The van der Waals surface area contributed by atoms with Crippen molar-refractivity contribution in [1.29, 1.82) is 10.5 Å². The molecule has 0 spiro atoms. The third-order valence-corrected chi connectivity index (χ3v) is 6.50. The number of benzene rings is 5. The van der Waals surface area contributed by atoms with Gasteiger partial charge in [0, 0.05) is 21.9 Å². The minimum absolute atomic E-state index is 0.498. The first-order chi connectivity index (χ1) is 17.3. The highest BCUT2D eigenvalue weighted by Gasteiger charge is 2.20. The highest BCUT2D eigenvalue weighted by Crippen LogP contribution is 2.41. The van der Waals surface area contributed by atoms with Crippen LogP contribution in [0.15, 0.2) is 115 Å². The largest absolute Gasteiger partial charge is 0.309 e. The molecule has 0 saturated carbocycles. The normalized spacial score (nSPS) is 10.8. The summed E-state index contributed by atoms with van der Waals surface area (Å²) in [6, 6.07) is 43.2. The highest BCUT2D eigenvalue weighted by atomic mass is 15.0. The van der Waals surface area contributed by atoms with Gasteiger partial charge in [-0.15, -0.1) is 0 Å². The molecule has 0 N–H and O–H groups in total. The Balaban J connectivity index is 1.77. The molecule has 0 atom stereocenters. The van der Waals surface area contributed by atoms with E-state index in [1.165, 1.54) is 0 Å². The van der Waals surface area contributed by atoms with Crippen LogP contribution in [0.2, 0.25) is 0 Å². The van der Waals surface area contributed by atoms with E-state index in [0.29, 0.717) is 16.7 Å². The molecule has 0 bridgehead atoms. The van der Waals surface area contributed by atoms with E-state index >= 15 is 0 Å². The summed E-state index contributed by atoms with van der Waals surface area (Å²) in [7, 11) is 0. The molecule has 162 valence electrons. The molecule has 6 aromatic rings. The van der Waals surface area contributed by atoms with E-state index < -0.39 is 0 Å². The van der Waals surface area contributed by atoms with E-state index in [1.807, 2.05) is 30.3 Å². The van der Waals surface area contributed by atoms with E-state index in [-0.39, 0.29) is 0 Å². The highest BCUT2D eigenvalue weighted by molar-refractivity contribution is 6.16. The summed E-state index contributed by atoms with van der Waals surface area (Å²) < 4.78 is 2.29. The van der Waals surface area contributed by atoms with E-state index in [4.69, 9.17) is 0 Å². The lowest BCUT2D eigenvalue weighted by Crippen LogP contribution is -1.97. The molecule has 6 rings (SSSR count). The molecule has 1 heterocycles. The molecular weight excluding hydrogens is 426 g/mol. The molecule has 3 heteroatoms. The third-order valence-electron chi connectivity index (χ3n) is 6.50. The molecule has 3 nitrogen and oxygen atoms in total. The van der Waals surface area contributed by atoms with Crippen molar-refractivity contribution in [3.63, 3.8) is 0 Å². The Hall–Kier alpha value is -5.12. The fourth-order valence-corrected chi connectivity index (χ4v) is 5.05. The van der Waals surface area contributed by atoms with Crippen LogP contribution in [0.3, 0.4) is 0 Å². The van der Waals surface area contributed by atoms with Crippen LogP contribution < -0.4 is 0 Å². The molecule has 35 heavy (non-hydrogen) atoms. The van der Waals surface area contributed by atoms with Gasteiger partial charge in [-0.3, -0.25) is 0 Å². The fourth-order valence-electron chi connectivity index (χ4n) is 5.05. The van der Waals surface area contributed by atoms with Crippen LogP contribution in [-0.4, -0.2) is 4.57 Å². The first kappa shape index (κ1) is 20.5. The maximum atomic E-state index is 9.87. The summed E-state index contributed by atoms with van der Waals surface area (Å²) in [6.07, 6.45) is 0. The van der Waals surface area contributed by atoms with Gasteiger partial charge in [0.1, 0.15) is 0 Å².